The second-order valence-corrected chi connectivity index (χ2v) is 4.73. The van der Waals surface area contributed by atoms with Crippen LogP contribution >= 0.6 is 0 Å². The van der Waals surface area contributed by atoms with E-state index < -0.39 is 11.6 Å². The van der Waals surface area contributed by atoms with Gasteiger partial charge in [0.2, 0.25) is 0 Å². The highest BCUT2D eigenvalue weighted by Crippen LogP contribution is 2.18. The van der Waals surface area contributed by atoms with E-state index in [9.17, 15) is 8.78 Å². The largest absolute Gasteiger partial charge is 0.379 e. The van der Waals surface area contributed by atoms with Gasteiger partial charge in [-0.25, -0.2) is 8.78 Å². The van der Waals surface area contributed by atoms with Crippen LogP contribution in [0.25, 0.3) is 0 Å². The summed E-state index contributed by atoms with van der Waals surface area (Å²) in [5.74, 6) is -1.59. The van der Waals surface area contributed by atoms with Crippen molar-refractivity contribution >= 4 is 0 Å². The first-order chi connectivity index (χ1) is 9.02. The number of benzene rings is 1. The summed E-state index contributed by atoms with van der Waals surface area (Å²) >= 11 is 0. The first-order valence-electron chi connectivity index (χ1n) is 6.42. The lowest BCUT2D eigenvalue weighted by molar-refractivity contribution is 0.118. The van der Waals surface area contributed by atoms with E-state index in [1.54, 1.807) is 13.0 Å². The molecule has 1 unspecified atom stereocenters. The minimum absolute atomic E-state index is 0.242. The Balaban J connectivity index is 2.28. The zero-order chi connectivity index (χ0) is 14.3. The third-order valence-corrected chi connectivity index (χ3v) is 2.83. The van der Waals surface area contributed by atoms with E-state index in [4.69, 9.17) is 4.74 Å². The standard InChI is InChI=1S/C14H22F2N2O/c1-11(12-5-4-6-13(15)14(12)16)17-7-9-19-10-8-18(2)3/h4-6,11,17H,7-10H2,1-3H3. The molecule has 3 nitrogen and oxygen atoms in total. The van der Waals surface area contributed by atoms with E-state index in [0.29, 0.717) is 25.3 Å². The lowest BCUT2D eigenvalue weighted by Crippen LogP contribution is -2.26. The van der Waals surface area contributed by atoms with Gasteiger partial charge in [-0.3, -0.25) is 0 Å². The van der Waals surface area contributed by atoms with Crippen LogP contribution in [0.15, 0.2) is 18.2 Å². The average Bonchev–Trinajstić information content (AvgIpc) is 2.36. The SMILES string of the molecule is CC(NCCOCCN(C)C)c1cccc(F)c1F. The van der Waals surface area contributed by atoms with Crippen LogP contribution in [0.5, 0.6) is 0 Å². The fourth-order valence-electron chi connectivity index (χ4n) is 1.66. The third kappa shape index (κ3) is 5.63. The molecule has 0 aliphatic heterocycles. The Morgan fingerprint density at radius 3 is 2.68 bits per heavy atom. The highest BCUT2D eigenvalue weighted by molar-refractivity contribution is 5.21. The minimum Gasteiger partial charge on any atom is -0.379 e. The summed E-state index contributed by atoms with van der Waals surface area (Å²) in [7, 11) is 3.97. The predicted molar refractivity (Wildman–Crippen MR) is 72.1 cm³/mol. The van der Waals surface area contributed by atoms with E-state index in [2.05, 4.69) is 5.32 Å². The van der Waals surface area contributed by atoms with E-state index in [0.717, 1.165) is 12.6 Å². The molecule has 1 aromatic carbocycles. The van der Waals surface area contributed by atoms with Crippen LogP contribution in [0.2, 0.25) is 0 Å². The number of likely N-dealkylation sites (N-methyl/N-ethyl adjacent to an activating group) is 1. The first-order valence-corrected chi connectivity index (χ1v) is 6.42. The Kier molecular flexibility index (Phi) is 6.91. The Bertz CT molecular complexity index is 386. The summed E-state index contributed by atoms with van der Waals surface area (Å²) in [5.41, 5.74) is 0.341. The highest BCUT2D eigenvalue weighted by atomic mass is 19.2. The van der Waals surface area contributed by atoms with E-state index >= 15 is 0 Å². The number of halogens is 2. The molecule has 0 amide bonds. The van der Waals surface area contributed by atoms with Gasteiger partial charge in [0.1, 0.15) is 0 Å². The molecule has 1 atom stereocenters. The molecule has 0 aliphatic rings. The molecule has 0 radical (unpaired) electrons. The maximum atomic E-state index is 13.5. The fraction of sp³-hybridized carbons (Fsp3) is 0.571. The van der Waals surface area contributed by atoms with Crippen molar-refractivity contribution in [2.45, 2.75) is 13.0 Å². The number of nitrogens with zero attached hydrogens (tertiary/aromatic N) is 1. The quantitative estimate of drug-likeness (QED) is 0.734. The Morgan fingerprint density at radius 1 is 1.26 bits per heavy atom. The second kappa shape index (κ2) is 8.19. The number of rotatable bonds is 8. The van der Waals surface area contributed by atoms with Crippen LogP contribution in [0.1, 0.15) is 18.5 Å². The van der Waals surface area contributed by atoms with Gasteiger partial charge in [0.25, 0.3) is 0 Å². The van der Waals surface area contributed by atoms with Crippen LogP contribution in [0, 0.1) is 11.6 Å². The first kappa shape index (κ1) is 16.0. The smallest absolute Gasteiger partial charge is 0.163 e. The normalized spacial score (nSPS) is 12.9. The van der Waals surface area contributed by atoms with Crippen LogP contribution in [0.4, 0.5) is 8.78 Å². The van der Waals surface area contributed by atoms with Crippen molar-refractivity contribution < 1.29 is 13.5 Å². The topological polar surface area (TPSA) is 24.5 Å². The van der Waals surface area contributed by atoms with Crippen molar-refractivity contribution in [1.29, 1.82) is 0 Å². The lowest BCUT2D eigenvalue weighted by Gasteiger charge is -2.15. The Hall–Kier alpha value is -1.04. The minimum atomic E-state index is -0.812. The van der Waals surface area contributed by atoms with Crippen molar-refractivity contribution in [3.05, 3.63) is 35.4 Å². The van der Waals surface area contributed by atoms with E-state index in [-0.39, 0.29) is 6.04 Å². The zero-order valence-corrected chi connectivity index (χ0v) is 11.7. The van der Waals surface area contributed by atoms with Gasteiger partial charge < -0.3 is 15.0 Å². The lowest BCUT2D eigenvalue weighted by atomic mass is 10.1. The van der Waals surface area contributed by atoms with E-state index in [1.807, 2.05) is 19.0 Å². The number of hydrogen-bond acceptors (Lipinski definition) is 3. The Morgan fingerprint density at radius 2 is 2.00 bits per heavy atom. The molecule has 0 aliphatic carbocycles. The molecule has 0 saturated heterocycles. The summed E-state index contributed by atoms with van der Waals surface area (Å²) < 4.78 is 32.0. The molecule has 1 aromatic rings. The van der Waals surface area contributed by atoms with Gasteiger partial charge >= 0.3 is 0 Å². The summed E-state index contributed by atoms with van der Waals surface area (Å²) in [6.45, 7) is 4.49. The number of hydrogen-bond donors (Lipinski definition) is 1. The van der Waals surface area contributed by atoms with Gasteiger partial charge in [0.15, 0.2) is 11.6 Å². The molecule has 1 rings (SSSR count). The molecule has 0 fully saturated rings. The van der Waals surface area contributed by atoms with Gasteiger partial charge in [-0.2, -0.15) is 0 Å². The molecular formula is C14H22F2N2O. The van der Waals surface area contributed by atoms with Crippen LogP contribution < -0.4 is 5.32 Å². The van der Waals surface area contributed by atoms with Crippen LogP contribution in [-0.2, 0) is 4.74 Å². The second-order valence-electron chi connectivity index (χ2n) is 4.73. The summed E-state index contributed by atoms with van der Waals surface area (Å²) in [6, 6.07) is 3.98. The van der Waals surface area contributed by atoms with Gasteiger partial charge in [-0.1, -0.05) is 12.1 Å². The third-order valence-electron chi connectivity index (χ3n) is 2.83. The molecule has 0 bridgehead atoms. The molecular weight excluding hydrogens is 250 g/mol. The van der Waals surface area contributed by atoms with Crippen molar-refractivity contribution in [2.24, 2.45) is 0 Å². The molecule has 0 spiro atoms. The van der Waals surface area contributed by atoms with Crippen LogP contribution in [-0.4, -0.2) is 45.3 Å². The zero-order valence-electron chi connectivity index (χ0n) is 11.7. The molecule has 1 N–H and O–H groups in total. The van der Waals surface area contributed by atoms with E-state index in [1.165, 1.54) is 6.07 Å². The van der Waals surface area contributed by atoms with Gasteiger partial charge in [0, 0.05) is 24.7 Å². The predicted octanol–water partition coefficient (Wildman–Crippen LogP) is 2.19. The summed E-state index contributed by atoms with van der Waals surface area (Å²) in [5, 5.41) is 3.11. The average molecular weight is 272 g/mol. The van der Waals surface area contributed by atoms with Crippen molar-refractivity contribution in [3.8, 4) is 0 Å². The summed E-state index contributed by atoms with van der Waals surface area (Å²) in [4.78, 5) is 2.04. The van der Waals surface area contributed by atoms with Crippen molar-refractivity contribution in [2.75, 3.05) is 40.4 Å². The monoisotopic (exact) mass is 272 g/mol. The van der Waals surface area contributed by atoms with Gasteiger partial charge in [0.05, 0.1) is 13.2 Å². The molecule has 19 heavy (non-hydrogen) atoms. The van der Waals surface area contributed by atoms with Crippen molar-refractivity contribution in [1.82, 2.24) is 10.2 Å². The Labute approximate surface area is 113 Å². The molecule has 5 heteroatoms. The van der Waals surface area contributed by atoms with Crippen LogP contribution in [0.3, 0.4) is 0 Å². The maximum absolute atomic E-state index is 13.5. The fourth-order valence-corrected chi connectivity index (χ4v) is 1.66. The highest BCUT2D eigenvalue weighted by Gasteiger charge is 2.13. The van der Waals surface area contributed by atoms with Crippen molar-refractivity contribution in [3.63, 3.8) is 0 Å². The van der Waals surface area contributed by atoms with Gasteiger partial charge in [-0.15, -0.1) is 0 Å². The molecule has 108 valence electrons. The van der Waals surface area contributed by atoms with Gasteiger partial charge in [-0.05, 0) is 27.1 Å². The number of nitrogens with one attached hydrogen (secondary N) is 1. The molecule has 0 aromatic heterocycles. The summed E-state index contributed by atoms with van der Waals surface area (Å²) in [6.07, 6.45) is 0. The maximum Gasteiger partial charge on any atom is 0.163 e. The number of ether oxygens (including phenoxy) is 1. The molecule has 0 saturated carbocycles. The molecule has 0 heterocycles.